The van der Waals surface area contributed by atoms with E-state index in [1.54, 1.807) is 0 Å². The van der Waals surface area contributed by atoms with E-state index >= 15 is 0 Å². The van der Waals surface area contributed by atoms with Crippen LogP contribution in [-0.2, 0) is 13.5 Å². The number of aryl methyl sites for hydroxylation is 1. The van der Waals surface area contributed by atoms with Crippen LogP contribution in [0.15, 0.2) is 12.4 Å². The third-order valence-electron chi connectivity index (χ3n) is 4.50. The molecule has 1 saturated carbocycles. The lowest BCUT2D eigenvalue weighted by Crippen LogP contribution is -2.40. The number of hydrogen-bond acceptors (Lipinski definition) is 3. The summed E-state index contributed by atoms with van der Waals surface area (Å²) in [5.41, 5.74) is 0. The maximum atomic E-state index is 4.44. The van der Waals surface area contributed by atoms with Gasteiger partial charge in [0, 0.05) is 45.0 Å². The van der Waals surface area contributed by atoms with Crippen LogP contribution in [0.3, 0.4) is 0 Å². The van der Waals surface area contributed by atoms with Crippen LogP contribution < -0.4 is 5.32 Å². The average molecular weight is 262 g/mol. The largest absolute Gasteiger partial charge is 0.338 e. The highest BCUT2D eigenvalue weighted by molar-refractivity contribution is 4.94. The van der Waals surface area contributed by atoms with Gasteiger partial charge in [-0.2, -0.15) is 0 Å². The molecule has 1 aromatic heterocycles. The summed E-state index contributed by atoms with van der Waals surface area (Å²) in [6.45, 7) is 4.88. The molecule has 2 fully saturated rings. The fourth-order valence-electron chi connectivity index (χ4n) is 3.16. The van der Waals surface area contributed by atoms with Gasteiger partial charge in [0.05, 0.1) is 0 Å². The second kappa shape index (κ2) is 6.06. The first-order chi connectivity index (χ1) is 9.33. The summed E-state index contributed by atoms with van der Waals surface area (Å²) in [6, 6.07) is 0.863. The molecular weight excluding hydrogens is 236 g/mol. The minimum absolute atomic E-state index is 0.857. The average Bonchev–Trinajstić information content (AvgIpc) is 3.20. The van der Waals surface area contributed by atoms with Crippen molar-refractivity contribution in [2.75, 3.05) is 26.2 Å². The molecular formula is C15H26N4. The van der Waals surface area contributed by atoms with E-state index in [-0.39, 0.29) is 0 Å². The molecule has 2 aliphatic rings. The summed E-state index contributed by atoms with van der Waals surface area (Å²) in [5.74, 6) is 2.07. The number of imidazole rings is 1. The van der Waals surface area contributed by atoms with Crippen LogP contribution in [0.5, 0.6) is 0 Å². The zero-order chi connectivity index (χ0) is 13.1. The molecule has 106 valence electrons. The fourth-order valence-corrected chi connectivity index (χ4v) is 3.16. The Kier molecular flexibility index (Phi) is 4.18. The molecule has 1 aromatic rings. The normalized spacial score (nSPS) is 24.0. The van der Waals surface area contributed by atoms with Crippen LogP contribution in [0, 0.1) is 5.92 Å². The van der Waals surface area contributed by atoms with E-state index < -0.39 is 0 Å². The van der Waals surface area contributed by atoms with Gasteiger partial charge in [-0.25, -0.2) is 4.98 Å². The number of rotatable bonds is 6. The molecule has 1 aliphatic heterocycles. The van der Waals surface area contributed by atoms with Crippen molar-refractivity contribution in [1.29, 1.82) is 0 Å². The highest BCUT2D eigenvalue weighted by atomic mass is 15.2. The maximum Gasteiger partial charge on any atom is 0.109 e. The Labute approximate surface area is 116 Å². The predicted molar refractivity (Wildman–Crippen MR) is 77.1 cm³/mol. The Morgan fingerprint density at radius 3 is 2.95 bits per heavy atom. The summed E-state index contributed by atoms with van der Waals surface area (Å²) in [7, 11) is 2.09. The van der Waals surface area contributed by atoms with Gasteiger partial charge in [-0.1, -0.05) is 0 Å². The second-order valence-electron chi connectivity index (χ2n) is 6.14. The molecule has 19 heavy (non-hydrogen) atoms. The van der Waals surface area contributed by atoms with Crippen molar-refractivity contribution < 1.29 is 0 Å². The van der Waals surface area contributed by atoms with Crippen LogP contribution in [0.1, 0.15) is 31.5 Å². The fraction of sp³-hybridized carbons (Fsp3) is 0.800. The van der Waals surface area contributed by atoms with E-state index in [0.29, 0.717) is 0 Å². The van der Waals surface area contributed by atoms with Gasteiger partial charge in [0.15, 0.2) is 0 Å². The Bertz CT molecular complexity index is 391. The van der Waals surface area contributed by atoms with Crippen molar-refractivity contribution in [3.05, 3.63) is 18.2 Å². The summed E-state index contributed by atoms with van der Waals surface area (Å²) in [4.78, 5) is 7.15. The molecule has 1 saturated heterocycles. The minimum Gasteiger partial charge on any atom is -0.338 e. The first kappa shape index (κ1) is 13.1. The molecule has 1 aliphatic carbocycles. The Morgan fingerprint density at radius 2 is 2.32 bits per heavy atom. The van der Waals surface area contributed by atoms with Gasteiger partial charge in [0.25, 0.3) is 0 Å². The molecule has 3 rings (SSSR count). The van der Waals surface area contributed by atoms with Crippen LogP contribution >= 0.6 is 0 Å². The molecule has 1 unspecified atom stereocenters. The minimum atomic E-state index is 0.857. The molecule has 4 heteroatoms. The van der Waals surface area contributed by atoms with Crippen molar-refractivity contribution in [1.82, 2.24) is 19.8 Å². The molecule has 0 aromatic carbocycles. The summed E-state index contributed by atoms with van der Waals surface area (Å²) in [5, 5.41) is 3.54. The van der Waals surface area contributed by atoms with E-state index in [1.807, 2.05) is 12.4 Å². The lowest BCUT2D eigenvalue weighted by Gasteiger charge is -2.30. The van der Waals surface area contributed by atoms with Gasteiger partial charge in [-0.3, -0.25) is 4.90 Å². The molecule has 0 bridgehead atoms. The number of piperidine rings is 1. The topological polar surface area (TPSA) is 33.1 Å². The molecule has 0 spiro atoms. The highest BCUT2D eigenvalue weighted by Crippen LogP contribution is 2.28. The van der Waals surface area contributed by atoms with Crippen LogP contribution in [0.4, 0.5) is 0 Å². The Morgan fingerprint density at radius 1 is 1.42 bits per heavy atom. The third-order valence-corrected chi connectivity index (χ3v) is 4.50. The number of nitrogens with one attached hydrogen (secondary N) is 1. The molecule has 2 heterocycles. The van der Waals surface area contributed by atoms with E-state index in [4.69, 9.17) is 0 Å². The van der Waals surface area contributed by atoms with Crippen LogP contribution in [-0.4, -0.2) is 46.7 Å². The van der Waals surface area contributed by atoms with Gasteiger partial charge in [-0.05, 0) is 44.7 Å². The molecule has 4 nitrogen and oxygen atoms in total. The van der Waals surface area contributed by atoms with E-state index in [9.17, 15) is 0 Å². The molecule has 0 amide bonds. The van der Waals surface area contributed by atoms with Crippen molar-refractivity contribution in [2.45, 2.75) is 38.1 Å². The summed E-state index contributed by atoms with van der Waals surface area (Å²) >= 11 is 0. The molecule has 1 atom stereocenters. The Balaban J connectivity index is 1.51. The molecule has 0 radical (unpaired) electrons. The number of hydrogen-bond donors (Lipinski definition) is 1. The lowest BCUT2D eigenvalue weighted by molar-refractivity contribution is 0.200. The lowest BCUT2D eigenvalue weighted by atomic mass is 9.99. The smallest absolute Gasteiger partial charge is 0.109 e. The third kappa shape index (κ3) is 3.57. The Hall–Kier alpha value is -0.870. The van der Waals surface area contributed by atoms with E-state index in [2.05, 4.69) is 26.8 Å². The van der Waals surface area contributed by atoms with E-state index in [1.165, 1.54) is 57.7 Å². The molecule has 1 N–H and O–H groups in total. The first-order valence-corrected chi connectivity index (χ1v) is 7.74. The quantitative estimate of drug-likeness (QED) is 0.842. The highest BCUT2D eigenvalue weighted by Gasteiger charge is 2.30. The number of nitrogens with zero attached hydrogens (tertiary/aromatic N) is 3. The van der Waals surface area contributed by atoms with Crippen molar-refractivity contribution in [3.8, 4) is 0 Å². The van der Waals surface area contributed by atoms with Crippen LogP contribution in [0.25, 0.3) is 0 Å². The zero-order valence-electron chi connectivity index (χ0n) is 12.0. The van der Waals surface area contributed by atoms with E-state index in [0.717, 1.165) is 18.4 Å². The maximum absolute atomic E-state index is 4.44. The van der Waals surface area contributed by atoms with Crippen molar-refractivity contribution >= 4 is 0 Å². The van der Waals surface area contributed by atoms with Gasteiger partial charge < -0.3 is 9.88 Å². The SMILES string of the molecule is Cn1ccnc1CCN(CC1CCCNC1)C1CC1. The monoisotopic (exact) mass is 262 g/mol. The second-order valence-corrected chi connectivity index (χ2v) is 6.14. The van der Waals surface area contributed by atoms with Gasteiger partial charge in [-0.15, -0.1) is 0 Å². The first-order valence-electron chi connectivity index (χ1n) is 7.74. The van der Waals surface area contributed by atoms with Gasteiger partial charge in [0.1, 0.15) is 5.82 Å². The van der Waals surface area contributed by atoms with Crippen molar-refractivity contribution in [3.63, 3.8) is 0 Å². The van der Waals surface area contributed by atoms with Crippen LogP contribution in [0.2, 0.25) is 0 Å². The summed E-state index contributed by atoms with van der Waals surface area (Å²) in [6.07, 6.45) is 10.6. The summed E-state index contributed by atoms with van der Waals surface area (Å²) < 4.78 is 2.15. The zero-order valence-corrected chi connectivity index (χ0v) is 12.0. The van der Waals surface area contributed by atoms with Crippen molar-refractivity contribution in [2.24, 2.45) is 13.0 Å². The standard InChI is InChI=1S/C15H26N4/c1-18-10-8-17-15(18)6-9-19(14-4-5-14)12-13-3-2-7-16-11-13/h8,10,13-14,16H,2-7,9,11-12H2,1H3. The predicted octanol–water partition coefficient (Wildman–Crippen LogP) is 1.43. The van der Waals surface area contributed by atoms with Gasteiger partial charge >= 0.3 is 0 Å². The van der Waals surface area contributed by atoms with Gasteiger partial charge in [0.2, 0.25) is 0 Å². The number of aromatic nitrogens is 2.